The fourth-order valence-corrected chi connectivity index (χ4v) is 2.23. The molecule has 1 aliphatic heterocycles. The third kappa shape index (κ3) is 2.71. The van der Waals surface area contributed by atoms with E-state index < -0.39 is 4.92 Å². The van der Waals surface area contributed by atoms with Crippen molar-refractivity contribution < 1.29 is 9.72 Å². The van der Waals surface area contributed by atoms with Gasteiger partial charge in [-0.3, -0.25) is 14.9 Å². The first-order valence-electron chi connectivity index (χ1n) is 4.86. The Morgan fingerprint density at radius 2 is 2.11 bits per heavy atom. The minimum atomic E-state index is -0.476. The number of nitro benzene ring substituents is 1. The highest BCUT2D eigenvalue weighted by Crippen LogP contribution is 2.19. The van der Waals surface area contributed by atoms with Gasteiger partial charge in [-0.05, 0) is 17.7 Å². The van der Waals surface area contributed by atoms with E-state index in [1.54, 1.807) is 12.1 Å². The van der Waals surface area contributed by atoms with Gasteiger partial charge in [-0.1, -0.05) is 24.0 Å². The SMILES string of the molecule is O=C1CSC(=S)N1/N=C\c1ccc([N+](=O)[O-])cc1. The van der Waals surface area contributed by atoms with Crippen molar-refractivity contribution >= 4 is 46.1 Å². The summed E-state index contributed by atoms with van der Waals surface area (Å²) in [6.45, 7) is 0. The summed E-state index contributed by atoms with van der Waals surface area (Å²) in [5, 5.41) is 15.6. The Labute approximate surface area is 112 Å². The van der Waals surface area contributed by atoms with E-state index in [4.69, 9.17) is 12.2 Å². The fourth-order valence-electron chi connectivity index (χ4n) is 1.27. The van der Waals surface area contributed by atoms with Gasteiger partial charge in [0.25, 0.3) is 11.6 Å². The second-order valence-electron chi connectivity index (χ2n) is 3.35. The summed E-state index contributed by atoms with van der Waals surface area (Å²) in [7, 11) is 0. The highest BCUT2D eigenvalue weighted by Gasteiger charge is 2.25. The van der Waals surface area contributed by atoms with Crippen LogP contribution in [0.1, 0.15) is 5.56 Å². The van der Waals surface area contributed by atoms with Gasteiger partial charge in [0.15, 0.2) is 4.32 Å². The number of hydrogen-bond acceptors (Lipinski definition) is 6. The van der Waals surface area contributed by atoms with E-state index in [1.165, 1.54) is 30.1 Å². The Bertz CT molecular complexity index is 526. The third-order valence-corrected chi connectivity index (χ3v) is 3.49. The highest BCUT2D eigenvalue weighted by atomic mass is 32.2. The van der Waals surface area contributed by atoms with Crippen LogP contribution in [0.2, 0.25) is 0 Å². The molecule has 1 heterocycles. The van der Waals surface area contributed by atoms with E-state index in [2.05, 4.69) is 5.10 Å². The summed E-state index contributed by atoms with van der Waals surface area (Å²) in [6.07, 6.45) is 1.44. The van der Waals surface area contributed by atoms with Crippen LogP contribution in [0.25, 0.3) is 0 Å². The van der Waals surface area contributed by atoms with Crippen molar-refractivity contribution in [3.05, 3.63) is 39.9 Å². The van der Waals surface area contributed by atoms with Crippen molar-refractivity contribution in [2.45, 2.75) is 0 Å². The lowest BCUT2D eigenvalue weighted by molar-refractivity contribution is -0.384. The van der Waals surface area contributed by atoms with Crippen molar-refractivity contribution in [1.29, 1.82) is 0 Å². The maximum absolute atomic E-state index is 11.4. The number of nitro groups is 1. The molecule has 92 valence electrons. The normalized spacial score (nSPS) is 15.7. The molecule has 8 heteroatoms. The Hall–Kier alpha value is -1.80. The molecular formula is C10H7N3O3S2. The first-order valence-corrected chi connectivity index (χ1v) is 6.25. The van der Waals surface area contributed by atoms with Gasteiger partial charge < -0.3 is 0 Å². The molecular weight excluding hydrogens is 274 g/mol. The van der Waals surface area contributed by atoms with Crippen LogP contribution < -0.4 is 0 Å². The molecule has 1 amide bonds. The number of thioether (sulfide) groups is 1. The molecule has 2 rings (SSSR count). The number of nitrogens with zero attached hydrogens (tertiary/aromatic N) is 3. The first kappa shape index (κ1) is 12.7. The number of non-ortho nitro benzene ring substituents is 1. The van der Waals surface area contributed by atoms with Crippen LogP contribution in [0.15, 0.2) is 29.4 Å². The van der Waals surface area contributed by atoms with Crippen LogP contribution >= 0.6 is 24.0 Å². The lowest BCUT2D eigenvalue weighted by atomic mass is 10.2. The topological polar surface area (TPSA) is 75.8 Å². The summed E-state index contributed by atoms with van der Waals surface area (Å²) in [6, 6.07) is 5.86. The molecule has 6 nitrogen and oxygen atoms in total. The van der Waals surface area contributed by atoms with Gasteiger partial charge in [-0.15, -0.1) is 0 Å². The van der Waals surface area contributed by atoms with E-state index >= 15 is 0 Å². The van der Waals surface area contributed by atoms with Gasteiger partial charge in [0.1, 0.15) is 0 Å². The molecule has 1 aromatic carbocycles. The zero-order chi connectivity index (χ0) is 13.1. The highest BCUT2D eigenvalue weighted by molar-refractivity contribution is 8.23. The average molecular weight is 281 g/mol. The summed E-state index contributed by atoms with van der Waals surface area (Å²) in [5.74, 6) is 0.138. The molecule has 0 radical (unpaired) electrons. The molecule has 1 fully saturated rings. The Morgan fingerprint density at radius 3 is 2.61 bits per heavy atom. The van der Waals surface area contributed by atoms with Crippen molar-refractivity contribution in [3.63, 3.8) is 0 Å². The number of amides is 1. The average Bonchev–Trinajstić information content (AvgIpc) is 2.67. The van der Waals surface area contributed by atoms with Crippen LogP contribution in [0.5, 0.6) is 0 Å². The smallest absolute Gasteiger partial charge is 0.269 e. The van der Waals surface area contributed by atoms with Gasteiger partial charge in [0, 0.05) is 12.1 Å². The Kier molecular flexibility index (Phi) is 3.68. The summed E-state index contributed by atoms with van der Waals surface area (Å²) < 4.78 is 0.415. The second-order valence-corrected chi connectivity index (χ2v) is 4.96. The lowest BCUT2D eigenvalue weighted by Crippen LogP contribution is -2.22. The molecule has 0 N–H and O–H groups in total. The summed E-state index contributed by atoms with van der Waals surface area (Å²) in [4.78, 5) is 21.4. The molecule has 0 spiro atoms. The minimum Gasteiger partial charge on any atom is -0.272 e. The second kappa shape index (κ2) is 5.23. The molecule has 0 atom stereocenters. The molecule has 0 bridgehead atoms. The third-order valence-electron chi connectivity index (χ3n) is 2.15. The van der Waals surface area contributed by atoms with Crippen molar-refractivity contribution in [2.75, 3.05) is 5.75 Å². The van der Waals surface area contributed by atoms with Crippen molar-refractivity contribution in [1.82, 2.24) is 5.01 Å². The molecule has 0 unspecified atom stereocenters. The number of hydrazone groups is 1. The molecule has 0 aliphatic carbocycles. The van der Waals surface area contributed by atoms with E-state index in [1.807, 2.05) is 0 Å². The van der Waals surface area contributed by atoms with Crippen LogP contribution in [0, 0.1) is 10.1 Å². The van der Waals surface area contributed by atoms with E-state index in [9.17, 15) is 14.9 Å². The fraction of sp³-hybridized carbons (Fsp3) is 0.100. The molecule has 0 aromatic heterocycles. The first-order chi connectivity index (χ1) is 8.58. The van der Waals surface area contributed by atoms with E-state index in [0.717, 1.165) is 5.01 Å². The van der Waals surface area contributed by atoms with Gasteiger partial charge >= 0.3 is 0 Å². The number of hydrogen-bond donors (Lipinski definition) is 0. The van der Waals surface area contributed by atoms with Gasteiger partial charge in [0.2, 0.25) is 0 Å². The summed E-state index contributed by atoms with van der Waals surface area (Å²) in [5.41, 5.74) is 0.670. The zero-order valence-electron chi connectivity index (χ0n) is 8.98. The Balaban J connectivity index is 2.11. The van der Waals surface area contributed by atoms with Crippen LogP contribution in [0.4, 0.5) is 5.69 Å². The number of rotatable bonds is 3. The molecule has 1 aromatic rings. The van der Waals surface area contributed by atoms with Gasteiger partial charge in [-0.2, -0.15) is 10.1 Å². The monoisotopic (exact) mass is 281 g/mol. The van der Waals surface area contributed by atoms with Gasteiger partial charge in [0.05, 0.1) is 16.9 Å². The Morgan fingerprint density at radius 1 is 1.44 bits per heavy atom. The number of carbonyl (C=O) groups is 1. The minimum absolute atomic E-state index is 0.00970. The number of benzene rings is 1. The van der Waals surface area contributed by atoms with E-state index in [-0.39, 0.29) is 11.6 Å². The van der Waals surface area contributed by atoms with Crippen LogP contribution in [-0.2, 0) is 4.79 Å². The van der Waals surface area contributed by atoms with Crippen LogP contribution in [-0.4, -0.2) is 32.1 Å². The standard InChI is InChI=1S/C10H7N3O3S2/c14-9-6-18-10(17)12(9)11-5-7-1-3-8(4-2-7)13(15)16/h1-5H,6H2/b11-5-. The van der Waals surface area contributed by atoms with E-state index in [0.29, 0.717) is 15.6 Å². The number of carbonyl (C=O) groups excluding carboxylic acids is 1. The predicted molar refractivity (Wildman–Crippen MR) is 72.6 cm³/mol. The van der Waals surface area contributed by atoms with Crippen molar-refractivity contribution in [2.24, 2.45) is 5.10 Å². The quantitative estimate of drug-likeness (QED) is 0.365. The lowest BCUT2D eigenvalue weighted by Gasteiger charge is -2.05. The maximum Gasteiger partial charge on any atom is 0.269 e. The summed E-state index contributed by atoms with van der Waals surface area (Å²) >= 11 is 6.21. The largest absolute Gasteiger partial charge is 0.272 e. The molecule has 0 saturated carbocycles. The molecule has 1 aliphatic rings. The van der Waals surface area contributed by atoms with Crippen LogP contribution in [0.3, 0.4) is 0 Å². The number of thiocarbonyl (C=S) groups is 1. The zero-order valence-corrected chi connectivity index (χ0v) is 10.6. The van der Waals surface area contributed by atoms with Crippen molar-refractivity contribution in [3.8, 4) is 0 Å². The molecule has 18 heavy (non-hydrogen) atoms. The maximum atomic E-state index is 11.4. The predicted octanol–water partition coefficient (Wildman–Crippen LogP) is 1.79. The van der Waals surface area contributed by atoms with Gasteiger partial charge in [-0.25, -0.2) is 0 Å². The molecule has 1 saturated heterocycles.